The maximum atomic E-state index is 5.41. The standard InChI is InChI=1S/C6H12N2/c7-4-6-2-1-3-8-5-6/h2,6H,1,3-5,7H2. The molecule has 0 aromatic rings. The fraction of sp³-hybridized carbons (Fsp3) is 0.833. The minimum Gasteiger partial charge on any atom is -0.330 e. The first kappa shape index (κ1) is 6.05. The summed E-state index contributed by atoms with van der Waals surface area (Å²) < 4.78 is 0. The van der Waals surface area contributed by atoms with Crippen LogP contribution in [0.5, 0.6) is 0 Å². The predicted molar refractivity (Wildman–Crippen MR) is 33.3 cm³/mol. The van der Waals surface area contributed by atoms with Gasteiger partial charge in [0.15, 0.2) is 0 Å². The summed E-state index contributed by atoms with van der Waals surface area (Å²) in [4.78, 5) is 0. The van der Waals surface area contributed by atoms with Crippen LogP contribution in [0.3, 0.4) is 0 Å². The van der Waals surface area contributed by atoms with Gasteiger partial charge in [-0.3, -0.25) is 0 Å². The van der Waals surface area contributed by atoms with E-state index in [9.17, 15) is 0 Å². The van der Waals surface area contributed by atoms with E-state index in [2.05, 4.69) is 11.7 Å². The molecule has 0 aromatic carbocycles. The Morgan fingerprint density at radius 1 is 1.75 bits per heavy atom. The molecule has 1 aliphatic rings. The molecule has 0 spiro atoms. The second-order valence-corrected chi connectivity index (χ2v) is 2.15. The summed E-state index contributed by atoms with van der Waals surface area (Å²) in [7, 11) is 0. The third kappa shape index (κ3) is 1.46. The lowest BCUT2D eigenvalue weighted by Gasteiger charge is -2.18. The zero-order valence-electron chi connectivity index (χ0n) is 5.01. The number of hydrogen-bond donors (Lipinski definition) is 1. The third-order valence-corrected chi connectivity index (χ3v) is 1.45. The molecule has 0 aliphatic carbocycles. The zero-order chi connectivity index (χ0) is 5.82. The molecular weight excluding hydrogens is 100 g/mol. The minimum absolute atomic E-state index is 0.573. The summed E-state index contributed by atoms with van der Waals surface area (Å²) in [5.41, 5.74) is 5.41. The molecule has 1 atom stereocenters. The summed E-state index contributed by atoms with van der Waals surface area (Å²) in [5, 5.41) is 4.22. The summed E-state index contributed by atoms with van der Waals surface area (Å²) in [6.45, 7) is 2.73. The summed E-state index contributed by atoms with van der Waals surface area (Å²) in [5.74, 6) is 0.573. The molecule has 0 aromatic heterocycles. The van der Waals surface area contributed by atoms with Gasteiger partial charge >= 0.3 is 0 Å². The Kier molecular flexibility index (Phi) is 2.30. The van der Waals surface area contributed by atoms with Crippen molar-refractivity contribution in [2.24, 2.45) is 11.7 Å². The number of piperidine rings is 1. The van der Waals surface area contributed by atoms with Gasteiger partial charge in [0, 0.05) is 13.1 Å². The lowest BCUT2D eigenvalue weighted by Crippen LogP contribution is -2.30. The van der Waals surface area contributed by atoms with Gasteiger partial charge < -0.3 is 5.73 Å². The summed E-state index contributed by atoms with van der Waals surface area (Å²) in [6, 6.07) is 0. The Labute approximate surface area is 50.4 Å². The maximum absolute atomic E-state index is 5.41. The van der Waals surface area contributed by atoms with Crippen LogP contribution in [-0.2, 0) is 0 Å². The Bertz CT molecular complexity index is 57.5. The van der Waals surface area contributed by atoms with Crippen molar-refractivity contribution in [3.63, 3.8) is 0 Å². The van der Waals surface area contributed by atoms with Crippen LogP contribution in [0, 0.1) is 12.3 Å². The lowest BCUT2D eigenvalue weighted by molar-refractivity contribution is 0.464. The maximum Gasteiger partial charge on any atom is 0.0176 e. The highest BCUT2D eigenvalue weighted by Crippen LogP contribution is 2.06. The molecule has 0 amide bonds. The molecule has 8 heavy (non-hydrogen) atoms. The van der Waals surface area contributed by atoms with Gasteiger partial charge in [-0.05, 0) is 25.3 Å². The zero-order valence-corrected chi connectivity index (χ0v) is 5.01. The number of nitrogens with zero attached hydrogens (tertiary/aromatic N) is 1. The molecule has 1 fully saturated rings. The van der Waals surface area contributed by atoms with Crippen LogP contribution in [0.1, 0.15) is 6.42 Å². The molecule has 1 rings (SSSR count). The van der Waals surface area contributed by atoms with E-state index in [1.54, 1.807) is 0 Å². The van der Waals surface area contributed by atoms with Crippen LogP contribution >= 0.6 is 0 Å². The molecule has 2 radical (unpaired) electrons. The quantitative estimate of drug-likeness (QED) is 0.500. The topological polar surface area (TPSA) is 40.1 Å². The van der Waals surface area contributed by atoms with Crippen LogP contribution in [0.25, 0.3) is 0 Å². The summed E-state index contributed by atoms with van der Waals surface area (Å²) >= 11 is 0. The molecule has 2 heteroatoms. The van der Waals surface area contributed by atoms with E-state index in [1.807, 2.05) is 0 Å². The van der Waals surface area contributed by atoms with E-state index < -0.39 is 0 Å². The Balaban J connectivity index is 2.13. The molecule has 2 nitrogen and oxygen atoms in total. The average molecular weight is 112 g/mol. The fourth-order valence-electron chi connectivity index (χ4n) is 0.904. The van der Waals surface area contributed by atoms with Gasteiger partial charge in [0.25, 0.3) is 0 Å². The molecular formula is C6H12N2. The second-order valence-electron chi connectivity index (χ2n) is 2.15. The van der Waals surface area contributed by atoms with Crippen LogP contribution in [0.4, 0.5) is 0 Å². The van der Waals surface area contributed by atoms with Crippen molar-refractivity contribution in [1.29, 1.82) is 0 Å². The van der Waals surface area contributed by atoms with E-state index in [0.29, 0.717) is 5.92 Å². The van der Waals surface area contributed by atoms with E-state index >= 15 is 0 Å². The highest BCUT2D eigenvalue weighted by atomic mass is 14.9. The van der Waals surface area contributed by atoms with E-state index in [4.69, 9.17) is 5.73 Å². The second kappa shape index (κ2) is 3.05. The first-order chi connectivity index (χ1) is 3.93. The fourth-order valence-corrected chi connectivity index (χ4v) is 0.904. The number of rotatable bonds is 1. The highest BCUT2D eigenvalue weighted by Gasteiger charge is 2.10. The molecule has 0 saturated carbocycles. The van der Waals surface area contributed by atoms with E-state index in [0.717, 1.165) is 26.1 Å². The van der Waals surface area contributed by atoms with E-state index in [-0.39, 0.29) is 0 Å². The molecule has 1 aliphatic heterocycles. The van der Waals surface area contributed by atoms with Crippen molar-refractivity contribution >= 4 is 0 Å². The normalized spacial score (nSPS) is 30.4. The van der Waals surface area contributed by atoms with Crippen molar-refractivity contribution in [3.05, 3.63) is 6.42 Å². The first-order valence-corrected chi connectivity index (χ1v) is 3.10. The van der Waals surface area contributed by atoms with Crippen molar-refractivity contribution in [1.82, 2.24) is 5.32 Å². The van der Waals surface area contributed by atoms with Crippen molar-refractivity contribution in [3.8, 4) is 0 Å². The monoisotopic (exact) mass is 112 g/mol. The van der Waals surface area contributed by atoms with Gasteiger partial charge in [0.05, 0.1) is 0 Å². The van der Waals surface area contributed by atoms with Gasteiger partial charge in [-0.2, -0.15) is 0 Å². The van der Waals surface area contributed by atoms with Crippen molar-refractivity contribution in [2.45, 2.75) is 6.42 Å². The average Bonchev–Trinajstić information content (AvgIpc) is 1.90. The third-order valence-electron chi connectivity index (χ3n) is 1.45. The lowest BCUT2D eigenvalue weighted by atomic mass is 10.0. The molecule has 1 heterocycles. The van der Waals surface area contributed by atoms with Crippen LogP contribution in [0.2, 0.25) is 0 Å². The van der Waals surface area contributed by atoms with Gasteiger partial charge in [0.2, 0.25) is 0 Å². The van der Waals surface area contributed by atoms with Crippen LogP contribution in [-0.4, -0.2) is 19.6 Å². The molecule has 2 N–H and O–H groups in total. The first-order valence-electron chi connectivity index (χ1n) is 3.10. The predicted octanol–water partition coefficient (Wildman–Crippen LogP) is -0.226. The van der Waals surface area contributed by atoms with Gasteiger partial charge in [-0.25, -0.2) is 5.32 Å². The molecule has 1 saturated heterocycles. The highest BCUT2D eigenvalue weighted by molar-refractivity contribution is 4.83. The van der Waals surface area contributed by atoms with Crippen LogP contribution in [0.15, 0.2) is 0 Å². The van der Waals surface area contributed by atoms with E-state index in [1.165, 1.54) is 0 Å². The Morgan fingerprint density at radius 2 is 2.62 bits per heavy atom. The van der Waals surface area contributed by atoms with Crippen LogP contribution < -0.4 is 11.1 Å². The molecule has 46 valence electrons. The SMILES string of the molecule is NCC1[CH]CC[N]C1. The minimum atomic E-state index is 0.573. The number of nitrogens with two attached hydrogens (primary N) is 1. The Morgan fingerprint density at radius 3 is 3.00 bits per heavy atom. The van der Waals surface area contributed by atoms with Crippen molar-refractivity contribution < 1.29 is 0 Å². The molecule has 0 bridgehead atoms. The Hall–Kier alpha value is -0.0800. The van der Waals surface area contributed by atoms with Gasteiger partial charge in [0.1, 0.15) is 0 Å². The largest absolute Gasteiger partial charge is 0.330 e. The van der Waals surface area contributed by atoms with Crippen molar-refractivity contribution in [2.75, 3.05) is 19.6 Å². The molecule has 1 unspecified atom stereocenters. The van der Waals surface area contributed by atoms with Gasteiger partial charge in [-0.1, -0.05) is 0 Å². The summed E-state index contributed by atoms with van der Waals surface area (Å²) in [6.07, 6.45) is 3.40. The number of hydrogen-bond acceptors (Lipinski definition) is 1. The smallest absolute Gasteiger partial charge is 0.0176 e. The van der Waals surface area contributed by atoms with Gasteiger partial charge in [-0.15, -0.1) is 0 Å².